The van der Waals surface area contributed by atoms with Crippen LogP contribution in [0.3, 0.4) is 0 Å². The third-order valence-electron chi connectivity index (χ3n) is 5.93. The maximum absolute atomic E-state index is 13.0. The van der Waals surface area contributed by atoms with E-state index in [1.54, 1.807) is 13.8 Å². The molecule has 2 amide bonds. The van der Waals surface area contributed by atoms with E-state index in [1.807, 2.05) is 22.9 Å². The van der Waals surface area contributed by atoms with Crippen LogP contribution in [0.4, 0.5) is 0 Å². The van der Waals surface area contributed by atoms with Crippen LogP contribution < -0.4 is 0 Å². The lowest BCUT2D eigenvalue weighted by Gasteiger charge is -2.35. The van der Waals surface area contributed by atoms with Gasteiger partial charge < -0.3 is 14.3 Å². The van der Waals surface area contributed by atoms with Gasteiger partial charge in [-0.3, -0.25) is 9.59 Å². The van der Waals surface area contributed by atoms with Gasteiger partial charge in [0, 0.05) is 44.7 Å². The lowest BCUT2D eigenvalue weighted by molar-refractivity contribution is -0.132. The van der Waals surface area contributed by atoms with E-state index < -0.39 is 0 Å². The van der Waals surface area contributed by atoms with Crippen molar-refractivity contribution in [2.45, 2.75) is 65.5 Å². The summed E-state index contributed by atoms with van der Waals surface area (Å²) in [7, 11) is 0. The highest BCUT2D eigenvalue weighted by Gasteiger charge is 2.31. The van der Waals surface area contributed by atoms with E-state index in [1.165, 1.54) is 0 Å². The molecular formula is C21H27N5O3. The van der Waals surface area contributed by atoms with Gasteiger partial charge >= 0.3 is 0 Å². The molecule has 2 aromatic rings. The Kier molecular flexibility index (Phi) is 5.34. The minimum absolute atomic E-state index is 0.0435. The average Bonchev–Trinajstić information content (AvgIpc) is 3.12. The van der Waals surface area contributed by atoms with Crippen molar-refractivity contribution in [2.24, 2.45) is 0 Å². The summed E-state index contributed by atoms with van der Waals surface area (Å²) in [4.78, 5) is 38.1. The predicted molar refractivity (Wildman–Crippen MR) is 105 cm³/mol. The quantitative estimate of drug-likeness (QED) is 0.790. The summed E-state index contributed by atoms with van der Waals surface area (Å²) >= 11 is 0. The number of carbonyl (C=O) groups excluding carboxylic acids is 2. The lowest BCUT2D eigenvalue weighted by atomic mass is 10.00. The van der Waals surface area contributed by atoms with Gasteiger partial charge in [0.2, 0.25) is 5.91 Å². The first kappa shape index (κ1) is 19.5. The molecule has 0 saturated carbocycles. The van der Waals surface area contributed by atoms with E-state index in [0.717, 1.165) is 42.9 Å². The number of carbonyl (C=O) groups is 2. The van der Waals surface area contributed by atoms with E-state index in [4.69, 9.17) is 9.51 Å². The van der Waals surface area contributed by atoms with Crippen molar-refractivity contribution in [3.8, 4) is 0 Å². The van der Waals surface area contributed by atoms with Crippen molar-refractivity contribution in [3.63, 3.8) is 0 Å². The van der Waals surface area contributed by atoms with Crippen LogP contribution in [-0.4, -0.2) is 49.8 Å². The van der Waals surface area contributed by atoms with Crippen molar-refractivity contribution in [1.29, 1.82) is 0 Å². The molecule has 0 aliphatic carbocycles. The molecule has 154 valence electrons. The third kappa shape index (κ3) is 3.63. The Morgan fingerprint density at radius 3 is 2.86 bits per heavy atom. The number of hydrogen-bond acceptors (Lipinski definition) is 6. The maximum Gasteiger partial charge on any atom is 0.259 e. The largest absolute Gasteiger partial charge is 0.361 e. The number of nitrogens with zero attached hydrogens (tertiary/aromatic N) is 5. The van der Waals surface area contributed by atoms with Crippen LogP contribution >= 0.6 is 0 Å². The van der Waals surface area contributed by atoms with E-state index in [0.29, 0.717) is 42.9 Å². The highest BCUT2D eigenvalue weighted by Crippen LogP contribution is 2.30. The molecule has 4 heterocycles. The molecule has 4 rings (SSSR count). The molecule has 1 atom stereocenters. The number of aromatic nitrogens is 3. The van der Waals surface area contributed by atoms with Gasteiger partial charge in [0.1, 0.15) is 11.3 Å². The van der Waals surface area contributed by atoms with Gasteiger partial charge in [-0.25, -0.2) is 9.97 Å². The molecule has 1 unspecified atom stereocenters. The second-order valence-corrected chi connectivity index (χ2v) is 7.81. The zero-order valence-corrected chi connectivity index (χ0v) is 17.3. The number of piperidine rings is 1. The van der Waals surface area contributed by atoms with E-state index >= 15 is 0 Å². The van der Waals surface area contributed by atoms with Gasteiger partial charge in [-0.05, 0) is 32.6 Å². The fourth-order valence-electron chi connectivity index (χ4n) is 4.33. The highest BCUT2D eigenvalue weighted by atomic mass is 16.5. The molecule has 0 spiro atoms. The van der Waals surface area contributed by atoms with Gasteiger partial charge in [0.25, 0.3) is 5.91 Å². The maximum atomic E-state index is 13.0. The first-order chi connectivity index (χ1) is 14.0. The number of amides is 2. The lowest BCUT2D eigenvalue weighted by Crippen LogP contribution is -2.39. The van der Waals surface area contributed by atoms with Gasteiger partial charge in [-0.15, -0.1) is 0 Å². The Labute approximate surface area is 170 Å². The first-order valence-electron chi connectivity index (χ1n) is 10.4. The normalized spacial score (nSPS) is 19.2. The minimum Gasteiger partial charge on any atom is -0.361 e. The summed E-state index contributed by atoms with van der Waals surface area (Å²) < 4.78 is 5.23. The Morgan fingerprint density at radius 1 is 1.28 bits per heavy atom. The molecule has 2 aliphatic heterocycles. The van der Waals surface area contributed by atoms with Crippen LogP contribution in [0.15, 0.2) is 10.7 Å². The Bertz CT molecular complexity index is 938. The molecule has 0 aromatic carbocycles. The van der Waals surface area contributed by atoms with Gasteiger partial charge in [0.05, 0.1) is 17.4 Å². The van der Waals surface area contributed by atoms with Crippen LogP contribution in [0.2, 0.25) is 0 Å². The molecule has 0 N–H and O–H groups in total. The average molecular weight is 397 g/mol. The standard InChI is InChI=1S/C21H27N5O3/c1-4-16-19(13(2)29-24-16)21(28)25-10-8-17-15(12-25)11-22-20(23-17)18-7-5-6-9-26(18)14(3)27/h11,18H,4-10,12H2,1-3H3. The zero-order chi connectivity index (χ0) is 20.5. The van der Waals surface area contributed by atoms with E-state index in [9.17, 15) is 9.59 Å². The second kappa shape index (κ2) is 7.93. The van der Waals surface area contributed by atoms with Gasteiger partial charge in [0.15, 0.2) is 5.82 Å². The number of fused-ring (bicyclic) bond motifs is 1. The summed E-state index contributed by atoms with van der Waals surface area (Å²) in [5.74, 6) is 1.31. The Balaban J connectivity index is 1.54. The number of aryl methyl sites for hydroxylation is 2. The Hall–Kier alpha value is -2.77. The van der Waals surface area contributed by atoms with Crippen LogP contribution in [0.25, 0.3) is 0 Å². The van der Waals surface area contributed by atoms with Crippen molar-refractivity contribution >= 4 is 11.8 Å². The number of hydrogen-bond donors (Lipinski definition) is 0. The van der Waals surface area contributed by atoms with Crippen molar-refractivity contribution < 1.29 is 14.1 Å². The second-order valence-electron chi connectivity index (χ2n) is 7.81. The molecule has 1 fully saturated rings. The summed E-state index contributed by atoms with van der Waals surface area (Å²) in [5, 5.41) is 4.00. The first-order valence-corrected chi connectivity index (χ1v) is 10.4. The van der Waals surface area contributed by atoms with Gasteiger partial charge in [-0.2, -0.15) is 0 Å². The molecular weight excluding hydrogens is 370 g/mol. The monoisotopic (exact) mass is 397 g/mol. The third-order valence-corrected chi connectivity index (χ3v) is 5.93. The summed E-state index contributed by atoms with van der Waals surface area (Å²) in [6, 6.07) is -0.0435. The molecule has 1 saturated heterocycles. The fourth-order valence-corrected chi connectivity index (χ4v) is 4.33. The zero-order valence-electron chi connectivity index (χ0n) is 17.3. The van der Waals surface area contributed by atoms with Crippen molar-refractivity contribution in [1.82, 2.24) is 24.9 Å². The SMILES string of the molecule is CCc1noc(C)c1C(=O)N1CCc2nc(C3CCCCN3C(C)=O)ncc2C1. The van der Waals surface area contributed by atoms with Gasteiger partial charge in [-0.1, -0.05) is 12.1 Å². The van der Waals surface area contributed by atoms with Crippen LogP contribution in [0, 0.1) is 6.92 Å². The molecule has 0 radical (unpaired) electrons. The number of rotatable bonds is 3. The highest BCUT2D eigenvalue weighted by molar-refractivity contribution is 5.96. The van der Waals surface area contributed by atoms with Crippen molar-refractivity contribution in [2.75, 3.05) is 13.1 Å². The molecule has 8 nitrogen and oxygen atoms in total. The van der Waals surface area contributed by atoms with E-state index in [-0.39, 0.29) is 17.9 Å². The smallest absolute Gasteiger partial charge is 0.259 e. The van der Waals surface area contributed by atoms with E-state index in [2.05, 4.69) is 10.1 Å². The summed E-state index contributed by atoms with van der Waals surface area (Å²) in [5.41, 5.74) is 3.22. The van der Waals surface area contributed by atoms with Crippen molar-refractivity contribution in [3.05, 3.63) is 40.3 Å². The predicted octanol–water partition coefficient (Wildman–Crippen LogP) is 2.61. The summed E-state index contributed by atoms with van der Waals surface area (Å²) in [6.45, 7) is 7.18. The molecule has 2 aromatic heterocycles. The molecule has 8 heteroatoms. The van der Waals surface area contributed by atoms with Crippen LogP contribution in [-0.2, 0) is 24.2 Å². The molecule has 0 bridgehead atoms. The number of likely N-dealkylation sites (tertiary alicyclic amines) is 1. The fraction of sp³-hybridized carbons (Fsp3) is 0.571. The van der Waals surface area contributed by atoms with Crippen LogP contribution in [0.1, 0.15) is 78.0 Å². The molecule has 29 heavy (non-hydrogen) atoms. The minimum atomic E-state index is -0.0506. The summed E-state index contributed by atoms with van der Waals surface area (Å²) in [6.07, 6.45) is 6.16. The Morgan fingerprint density at radius 2 is 2.10 bits per heavy atom. The van der Waals surface area contributed by atoms with Crippen LogP contribution in [0.5, 0.6) is 0 Å². The topological polar surface area (TPSA) is 92.4 Å². The molecule has 2 aliphatic rings.